The lowest BCUT2D eigenvalue weighted by molar-refractivity contribution is 0.301. The first-order chi connectivity index (χ1) is 9.42. The first kappa shape index (κ1) is 13.8. The molecule has 4 heteroatoms. The van der Waals surface area contributed by atoms with Crippen molar-refractivity contribution in [2.24, 2.45) is 0 Å². The van der Waals surface area contributed by atoms with Crippen molar-refractivity contribution in [2.75, 3.05) is 44.2 Å². The average Bonchev–Trinajstić information content (AvgIpc) is 2.87. The van der Waals surface area contributed by atoms with Crippen molar-refractivity contribution >= 4 is 23.5 Å². The van der Waals surface area contributed by atoms with Gasteiger partial charge in [0.25, 0.3) is 0 Å². The van der Waals surface area contributed by atoms with Crippen molar-refractivity contribution in [3.8, 4) is 0 Å². The molecule has 0 saturated carbocycles. The third-order valence-electron chi connectivity index (χ3n) is 3.79. The molecule has 0 amide bonds. The summed E-state index contributed by atoms with van der Waals surface area (Å²) < 4.78 is 0. The lowest BCUT2D eigenvalue weighted by Gasteiger charge is -2.26. The van der Waals surface area contributed by atoms with Crippen molar-refractivity contribution in [1.82, 2.24) is 10.2 Å². The van der Waals surface area contributed by atoms with Crippen LogP contribution in [0.2, 0.25) is 0 Å². The molecule has 19 heavy (non-hydrogen) atoms. The second kappa shape index (κ2) is 7.02. The number of thioether (sulfide) groups is 2. The Balaban J connectivity index is 1.33. The molecule has 1 saturated heterocycles. The summed E-state index contributed by atoms with van der Waals surface area (Å²) in [4.78, 5) is 4.07. The van der Waals surface area contributed by atoms with Gasteiger partial charge < -0.3 is 10.2 Å². The number of benzene rings is 1. The number of hydrogen-bond acceptors (Lipinski definition) is 4. The van der Waals surface area contributed by atoms with Crippen molar-refractivity contribution in [3.63, 3.8) is 0 Å². The van der Waals surface area contributed by atoms with E-state index in [1.807, 2.05) is 11.8 Å². The topological polar surface area (TPSA) is 15.3 Å². The largest absolute Gasteiger partial charge is 0.314 e. The summed E-state index contributed by atoms with van der Waals surface area (Å²) in [5.41, 5.74) is 1.53. The summed E-state index contributed by atoms with van der Waals surface area (Å²) in [6.45, 7) is 6.04. The maximum atomic E-state index is 3.64. The minimum absolute atomic E-state index is 0.731. The van der Waals surface area contributed by atoms with Crippen molar-refractivity contribution in [3.05, 3.63) is 29.8 Å². The minimum atomic E-state index is 0.731. The summed E-state index contributed by atoms with van der Waals surface area (Å²) in [6.07, 6.45) is 1.23. The molecule has 1 atom stereocenters. The molecule has 1 aromatic carbocycles. The fraction of sp³-hybridized carbons (Fsp3) is 0.600. The lowest BCUT2D eigenvalue weighted by atomic mass is 10.1. The Bertz CT molecular complexity index is 380. The SMILES string of the molecule is c1ccc2c(c1)CC(CNCCN1CCSCC1)S2. The molecule has 104 valence electrons. The summed E-state index contributed by atoms with van der Waals surface area (Å²) in [5, 5.41) is 4.37. The van der Waals surface area contributed by atoms with Gasteiger partial charge in [-0.05, 0) is 18.1 Å². The summed E-state index contributed by atoms with van der Waals surface area (Å²) in [7, 11) is 0. The molecule has 1 unspecified atom stereocenters. The Hall–Kier alpha value is -0.160. The molecule has 0 spiro atoms. The fourth-order valence-corrected chi connectivity index (χ4v) is 4.95. The Morgan fingerprint density at radius 2 is 2.05 bits per heavy atom. The predicted octanol–water partition coefficient (Wildman–Crippen LogP) is 2.34. The van der Waals surface area contributed by atoms with E-state index in [0.29, 0.717) is 0 Å². The zero-order valence-electron chi connectivity index (χ0n) is 11.3. The van der Waals surface area contributed by atoms with Crippen LogP contribution in [0, 0.1) is 0 Å². The molecule has 0 radical (unpaired) electrons. The van der Waals surface area contributed by atoms with Crippen LogP contribution in [-0.4, -0.2) is 54.4 Å². The van der Waals surface area contributed by atoms with E-state index in [0.717, 1.165) is 18.3 Å². The van der Waals surface area contributed by atoms with Crippen LogP contribution >= 0.6 is 23.5 Å². The van der Waals surface area contributed by atoms with Crippen molar-refractivity contribution in [2.45, 2.75) is 16.6 Å². The Morgan fingerprint density at radius 3 is 2.89 bits per heavy atom. The molecular weight excluding hydrogens is 272 g/mol. The highest BCUT2D eigenvalue weighted by atomic mass is 32.2. The van der Waals surface area contributed by atoms with Gasteiger partial charge in [0, 0.05) is 54.4 Å². The third-order valence-corrected chi connectivity index (χ3v) is 6.06. The van der Waals surface area contributed by atoms with Crippen LogP contribution in [0.25, 0.3) is 0 Å². The van der Waals surface area contributed by atoms with Crippen LogP contribution in [0.1, 0.15) is 5.56 Å². The molecule has 2 nitrogen and oxygen atoms in total. The molecule has 0 aromatic heterocycles. The van der Waals surface area contributed by atoms with Crippen LogP contribution in [0.4, 0.5) is 0 Å². The average molecular weight is 294 g/mol. The van der Waals surface area contributed by atoms with E-state index in [9.17, 15) is 0 Å². The van der Waals surface area contributed by atoms with Crippen LogP contribution in [0.3, 0.4) is 0 Å². The Kier molecular flexibility index (Phi) is 5.10. The van der Waals surface area contributed by atoms with Crippen LogP contribution in [-0.2, 0) is 6.42 Å². The fourth-order valence-electron chi connectivity index (χ4n) is 2.69. The predicted molar refractivity (Wildman–Crippen MR) is 86.4 cm³/mol. The molecule has 1 N–H and O–H groups in total. The van der Waals surface area contributed by atoms with Gasteiger partial charge in [-0.15, -0.1) is 11.8 Å². The van der Waals surface area contributed by atoms with E-state index in [1.165, 1.54) is 48.0 Å². The van der Waals surface area contributed by atoms with E-state index in [2.05, 4.69) is 46.2 Å². The van der Waals surface area contributed by atoms with Crippen molar-refractivity contribution in [1.29, 1.82) is 0 Å². The smallest absolute Gasteiger partial charge is 0.0260 e. The molecular formula is C15H22N2S2. The van der Waals surface area contributed by atoms with Crippen LogP contribution in [0.15, 0.2) is 29.2 Å². The van der Waals surface area contributed by atoms with Gasteiger partial charge in [-0.2, -0.15) is 11.8 Å². The van der Waals surface area contributed by atoms with Crippen LogP contribution in [0.5, 0.6) is 0 Å². The van der Waals surface area contributed by atoms with E-state index in [1.54, 1.807) is 0 Å². The molecule has 0 aliphatic carbocycles. The first-order valence-corrected chi connectivity index (χ1v) is 9.20. The number of nitrogens with one attached hydrogen (secondary N) is 1. The minimum Gasteiger partial charge on any atom is -0.314 e. The monoisotopic (exact) mass is 294 g/mol. The third kappa shape index (κ3) is 3.91. The second-order valence-corrected chi connectivity index (χ2v) is 7.78. The van der Waals surface area contributed by atoms with Gasteiger partial charge >= 0.3 is 0 Å². The van der Waals surface area contributed by atoms with Gasteiger partial charge in [0.05, 0.1) is 0 Å². The molecule has 2 aliphatic rings. The molecule has 0 bridgehead atoms. The summed E-state index contributed by atoms with van der Waals surface area (Å²) in [5.74, 6) is 2.63. The van der Waals surface area contributed by atoms with Gasteiger partial charge in [0.1, 0.15) is 0 Å². The van der Waals surface area contributed by atoms with Gasteiger partial charge in [0.15, 0.2) is 0 Å². The maximum Gasteiger partial charge on any atom is 0.0260 e. The molecule has 2 aliphatic heterocycles. The normalized spacial score (nSPS) is 23.5. The van der Waals surface area contributed by atoms with Crippen molar-refractivity contribution < 1.29 is 0 Å². The molecule has 1 fully saturated rings. The highest BCUT2D eigenvalue weighted by Crippen LogP contribution is 2.36. The van der Waals surface area contributed by atoms with Gasteiger partial charge in [-0.1, -0.05) is 18.2 Å². The first-order valence-electron chi connectivity index (χ1n) is 7.17. The van der Waals surface area contributed by atoms with E-state index in [-0.39, 0.29) is 0 Å². The van der Waals surface area contributed by atoms with Gasteiger partial charge in [-0.3, -0.25) is 0 Å². The van der Waals surface area contributed by atoms with Gasteiger partial charge in [0.2, 0.25) is 0 Å². The number of fused-ring (bicyclic) bond motifs is 1. The number of hydrogen-bond donors (Lipinski definition) is 1. The summed E-state index contributed by atoms with van der Waals surface area (Å²) >= 11 is 4.13. The molecule has 2 heterocycles. The van der Waals surface area contributed by atoms with E-state index >= 15 is 0 Å². The number of nitrogens with zero attached hydrogens (tertiary/aromatic N) is 1. The zero-order chi connectivity index (χ0) is 12.9. The highest BCUT2D eigenvalue weighted by molar-refractivity contribution is 8.00. The van der Waals surface area contributed by atoms with Crippen LogP contribution < -0.4 is 5.32 Å². The maximum absolute atomic E-state index is 3.64. The number of rotatable bonds is 5. The van der Waals surface area contributed by atoms with Gasteiger partial charge in [-0.25, -0.2) is 0 Å². The quantitative estimate of drug-likeness (QED) is 0.838. The Labute approximate surface area is 124 Å². The summed E-state index contributed by atoms with van der Waals surface area (Å²) in [6, 6.07) is 8.83. The second-order valence-electron chi connectivity index (χ2n) is 5.21. The standard InChI is InChI=1S/C15H22N2S2/c1-2-4-15-13(3-1)11-14(19-15)12-16-5-6-17-7-9-18-10-8-17/h1-4,14,16H,5-12H2. The van der Waals surface area contributed by atoms with E-state index < -0.39 is 0 Å². The Morgan fingerprint density at radius 1 is 1.21 bits per heavy atom. The molecule has 3 rings (SSSR count). The highest BCUT2D eigenvalue weighted by Gasteiger charge is 2.21. The zero-order valence-corrected chi connectivity index (χ0v) is 12.9. The van der Waals surface area contributed by atoms with E-state index in [4.69, 9.17) is 0 Å². The molecule has 1 aromatic rings. The lowest BCUT2D eigenvalue weighted by Crippen LogP contribution is -2.39.